The SMILES string of the molecule is CC(=O)C(C)CC(N)=S. The van der Waals surface area contributed by atoms with E-state index in [0.717, 1.165) is 0 Å². The lowest BCUT2D eigenvalue weighted by Crippen LogP contribution is -2.16. The number of hydrogen-bond donors (Lipinski definition) is 1. The first-order valence-corrected chi connectivity index (χ1v) is 3.23. The highest BCUT2D eigenvalue weighted by molar-refractivity contribution is 7.80. The summed E-state index contributed by atoms with van der Waals surface area (Å²) in [5, 5.41) is 0. The maximum atomic E-state index is 10.6. The first-order valence-electron chi connectivity index (χ1n) is 2.82. The van der Waals surface area contributed by atoms with E-state index in [1.165, 1.54) is 0 Å². The zero-order chi connectivity index (χ0) is 7.44. The highest BCUT2D eigenvalue weighted by Gasteiger charge is 2.07. The Hall–Kier alpha value is -0.440. The average molecular weight is 145 g/mol. The Bertz CT molecular complexity index is 133. The third kappa shape index (κ3) is 4.09. The average Bonchev–Trinajstić information content (AvgIpc) is 1.63. The maximum Gasteiger partial charge on any atom is 0.133 e. The van der Waals surface area contributed by atoms with Gasteiger partial charge in [-0.1, -0.05) is 19.1 Å². The lowest BCUT2D eigenvalue weighted by Gasteiger charge is -2.03. The van der Waals surface area contributed by atoms with Crippen molar-refractivity contribution in [2.24, 2.45) is 11.7 Å². The van der Waals surface area contributed by atoms with Crippen LogP contribution in [0.15, 0.2) is 0 Å². The standard InChI is InChI=1S/C6H11NOS/c1-4(5(2)8)3-6(7)9/h4H,3H2,1-2H3,(H2,7,9). The van der Waals surface area contributed by atoms with Crippen LogP contribution in [-0.2, 0) is 4.79 Å². The van der Waals surface area contributed by atoms with Crippen molar-refractivity contribution in [2.75, 3.05) is 0 Å². The number of nitrogens with two attached hydrogens (primary N) is 1. The van der Waals surface area contributed by atoms with E-state index in [2.05, 4.69) is 12.2 Å². The highest BCUT2D eigenvalue weighted by atomic mass is 32.1. The molecule has 2 N–H and O–H groups in total. The Labute approximate surface area is 60.4 Å². The predicted octanol–water partition coefficient (Wildman–Crippen LogP) is 0.888. The third-order valence-electron chi connectivity index (χ3n) is 1.20. The normalized spacial score (nSPS) is 12.7. The van der Waals surface area contributed by atoms with Crippen molar-refractivity contribution >= 4 is 23.0 Å². The van der Waals surface area contributed by atoms with Crippen LogP contribution in [0.2, 0.25) is 0 Å². The molecule has 0 aliphatic carbocycles. The molecule has 0 aromatic carbocycles. The van der Waals surface area contributed by atoms with Gasteiger partial charge in [0.2, 0.25) is 0 Å². The largest absolute Gasteiger partial charge is 0.393 e. The second-order valence-electron chi connectivity index (χ2n) is 2.18. The van der Waals surface area contributed by atoms with Crippen LogP contribution in [0.25, 0.3) is 0 Å². The monoisotopic (exact) mass is 145 g/mol. The van der Waals surface area contributed by atoms with Crippen molar-refractivity contribution in [2.45, 2.75) is 20.3 Å². The van der Waals surface area contributed by atoms with Gasteiger partial charge in [0.25, 0.3) is 0 Å². The summed E-state index contributed by atoms with van der Waals surface area (Å²) in [5.41, 5.74) is 5.21. The van der Waals surface area contributed by atoms with Gasteiger partial charge in [0, 0.05) is 12.3 Å². The summed E-state index contributed by atoms with van der Waals surface area (Å²) in [6.07, 6.45) is 0.532. The van der Waals surface area contributed by atoms with Crippen LogP contribution in [0.5, 0.6) is 0 Å². The fraction of sp³-hybridized carbons (Fsp3) is 0.667. The first kappa shape index (κ1) is 8.56. The molecule has 2 nitrogen and oxygen atoms in total. The molecule has 0 aliphatic heterocycles. The molecule has 0 fully saturated rings. The van der Waals surface area contributed by atoms with Crippen LogP contribution in [0.4, 0.5) is 0 Å². The smallest absolute Gasteiger partial charge is 0.133 e. The van der Waals surface area contributed by atoms with Gasteiger partial charge in [-0.05, 0) is 6.92 Å². The van der Waals surface area contributed by atoms with Crippen molar-refractivity contribution in [1.82, 2.24) is 0 Å². The van der Waals surface area contributed by atoms with Gasteiger partial charge in [-0.15, -0.1) is 0 Å². The number of thiocarbonyl (C=S) groups is 1. The number of hydrogen-bond acceptors (Lipinski definition) is 2. The van der Waals surface area contributed by atoms with Crippen LogP contribution in [-0.4, -0.2) is 10.8 Å². The molecule has 0 spiro atoms. The number of rotatable bonds is 3. The molecule has 0 radical (unpaired) electrons. The summed E-state index contributed by atoms with van der Waals surface area (Å²) in [6, 6.07) is 0. The number of ketones is 1. The van der Waals surface area contributed by atoms with E-state index in [4.69, 9.17) is 5.73 Å². The molecule has 0 rings (SSSR count). The molecular formula is C6H11NOS. The Balaban J connectivity index is 3.63. The summed E-state index contributed by atoms with van der Waals surface area (Å²) >= 11 is 4.62. The van der Waals surface area contributed by atoms with Crippen LogP contribution < -0.4 is 5.73 Å². The van der Waals surface area contributed by atoms with E-state index in [0.29, 0.717) is 11.4 Å². The van der Waals surface area contributed by atoms with E-state index >= 15 is 0 Å². The van der Waals surface area contributed by atoms with Crippen molar-refractivity contribution < 1.29 is 4.79 Å². The van der Waals surface area contributed by atoms with Gasteiger partial charge in [0.1, 0.15) is 5.78 Å². The number of carbonyl (C=O) groups excluding carboxylic acids is 1. The summed E-state index contributed by atoms with van der Waals surface area (Å²) in [4.78, 5) is 11.0. The Kier molecular flexibility index (Phi) is 3.39. The fourth-order valence-electron chi connectivity index (χ4n) is 0.446. The molecule has 0 bridgehead atoms. The van der Waals surface area contributed by atoms with E-state index in [1.807, 2.05) is 6.92 Å². The second kappa shape index (κ2) is 3.56. The third-order valence-corrected chi connectivity index (χ3v) is 1.37. The molecule has 9 heavy (non-hydrogen) atoms. The summed E-state index contributed by atoms with van der Waals surface area (Å²) in [5.74, 6) is 0.130. The number of carbonyl (C=O) groups is 1. The molecule has 0 amide bonds. The summed E-state index contributed by atoms with van der Waals surface area (Å²) in [6.45, 7) is 3.37. The molecule has 0 aromatic rings. The molecule has 0 saturated heterocycles. The molecule has 3 heteroatoms. The quantitative estimate of drug-likeness (QED) is 0.600. The molecule has 1 unspecified atom stereocenters. The zero-order valence-corrected chi connectivity index (χ0v) is 6.49. The van der Waals surface area contributed by atoms with Gasteiger partial charge in [-0.2, -0.15) is 0 Å². The van der Waals surface area contributed by atoms with Gasteiger partial charge in [0.05, 0.1) is 4.99 Å². The van der Waals surface area contributed by atoms with Crippen molar-refractivity contribution in [3.63, 3.8) is 0 Å². The van der Waals surface area contributed by atoms with Gasteiger partial charge in [-0.3, -0.25) is 4.79 Å². The molecule has 52 valence electrons. The highest BCUT2D eigenvalue weighted by Crippen LogP contribution is 2.01. The van der Waals surface area contributed by atoms with Gasteiger partial charge >= 0.3 is 0 Å². The van der Waals surface area contributed by atoms with E-state index < -0.39 is 0 Å². The van der Waals surface area contributed by atoms with Crippen LogP contribution in [0, 0.1) is 5.92 Å². The summed E-state index contributed by atoms with van der Waals surface area (Å²) in [7, 11) is 0. The molecule has 0 heterocycles. The zero-order valence-electron chi connectivity index (χ0n) is 5.68. The molecule has 1 atom stereocenters. The Morgan fingerprint density at radius 1 is 1.78 bits per heavy atom. The van der Waals surface area contributed by atoms with E-state index in [1.54, 1.807) is 6.92 Å². The van der Waals surface area contributed by atoms with Crippen molar-refractivity contribution in [3.05, 3.63) is 0 Å². The molecule has 0 aromatic heterocycles. The lowest BCUT2D eigenvalue weighted by molar-refractivity contribution is -0.120. The Morgan fingerprint density at radius 2 is 2.22 bits per heavy atom. The topological polar surface area (TPSA) is 43.1 Å². The van der Waals surface area contributed by atoms with Crippen molar-refractivity contribution in [1.29, 1.82) is 0 Å². The molecular weight excluding hydrogens is 134 g/mol. The van der Waals surface area contributed by atoms with Gasteiger partial charge in [0.15, 0.2) is 0 Å². The predicted molar refractivity (Wildman–Crippen MR) is 41.2 cm³/mol. The molecule has 0 aliphatic rings. The van der Waals surface area contributed by atoms with Crippen LogP contribution in [0.3, 0.4) is 0 Å². The van der Waals surface area contributed by atoms with E-state index in [-0.39, 0.29) is 11.7 Å². The van der Waals surface area contributed by atoms with Gasteiger partial charge in [-0.25, -0.2) is 0 Å². The maximum absolute atomic E-state index is 10.6. The summed E-state index contributed by atoms with van der Waals surface area (Å²) < 4.78 is 0. The fourth-order valence-corrected chi connectivity index (χ4v) is 0.696. The number of Topliss-reactive ketones (excluding diaryl/α,β-unsaturated/α-hetero) is 1. The minimum absolute atomic E-state index is 0.0116. The minimum Gasteiger partial charge on any atom is -0.393 e. The Morgan fingerprint density at radius 3 is 2.33 bits per heavy atom. The van der Waals surface area contributed by atoms with Crippen LogP contribution >= 0.6 is 12.2 Å². The van der Waals surface area contributed by atoms with Crippen LogP contribution in [0.1, 0.15) is 20.3 Å². The van der Waals surface area contributed by atoms with Gasteiger partial charge < -0.3 is 5.73 Å². The lowest BCUT2D eigenvalue weighted by atomic mass is 10.0. The van der Waals surface area contributed by atoms with Crippen molar-refractivity contribution in [3.8, 4) is 0 Å². The minimum atomic E-state index is -0.0116. The van der Waals surface area contributed by atoms with E-state index in [9.17, 15) is 4.79 Å². The second-order valence-corrected chi connectivity index (χ2v) is 2.71. The molecule has 0 saturated carbocycles. The first-order chi connectivity index (χ1) is 4.04.